The standard InChI is InChI=1S/C13H14N4O2/c1-2-15-12-6-14-7-13(17-12)16-9-3-4-10-11(5-9)19-8-18-10/h3-7H,2,8H2,1H3,(H2,15,16,17). The van der Waals surface area contributed by atoms with Crippen LogP contribution >= 0.6 is 0 Å². The lowest BCUT2D eigenvalue weighted by atomic mass is 10.3. The van der Waals surface area contributed by atoms with Crippen LogP contribution in [0.2, 0.25) is 0 Å². The second-order valence-corrected chi connectivity index (χ2v) is 4.01. The normalized spacial score (nSPS) is 12.3. The molecule has 0 atom stereocenters. The maximum Gasteiger partial charge on any atom is 0.231 e. The molecule has 2 aromatic rings. The summed E-state index contributed by atoms with van der Waals surface area (Å²) in [4.78, 5) is 8.52. The van der Waals surface area contributed by atoms with Crippen LogP contribution in [-0.4, -0.2) is 23.3 Å². The van der Waals surface area contributed by atoms with Crippen molar-refractivity contribution in [2.45, 2.75) is 6.92 Å². The smallest absolute Gasteiger partial charge is 0.231 e. The van der Waals surface area contributed by atoms with Gasteiger partial charge in [0.05, 0.1) is 12.4 Å². The third kappa shape index (κ3) is 2.52. The molecule has 1 aromatic carbocycles. The van der Waals surface area contributed by atoms with Crippen LogP contribution in [0.4, 0.5) is 17.3 Å². The third-order valence-electron chi connectivity index (χ3n) is 2.64. The van der Waals surface area contributed by atoms with Crippen LogP contribution in [0.25, 0.3) is 0 Å². The second kappa shape index (κ2) is 5.01. The van der Waals surface area contributed by atoms with Crippen LogP contribution in [0.3, 0.4) is 0 Å². The number of fused-ring (bicyclic) bond motifs is 1. The van der Waals surface area contributed by atoms with Crippen molar-refractivity contribution in [1.29, 1.82) is 0 Å². The summed E-state index contributed by atoms with van der Waals surface area (Å²) in [6.45, 7) is 3.09. The van der Waals surface area contributed by atoms with Crippen molar-refractivity contribution in [1.82, 2.24) is 9.97 Å². The molecule has 6 heteroatoms. The van der Waals surface area contributed by atoms with E-state index in [0.717, 1.165) is 29.5 Å². The van der Waals surface area contributed by atoms with Crippen molar-refractivity contribution in [2.24, 2.45) is 0 Å². The summed E-state index contributed by atoms with van der Waals surface area (Å²) in [5.74, 6) is 2.92. The predicted octanol–water partition coefficient (Wildman–Crippen LogP) is 2.38. The molecule has 1 aromatic heterocycles. The number of nitrogens with zero attached hydrogens (tertiary/aromatic N) is 2. The minimum Gasteiger partial charge on any atom is -0.454 e. The van der Waals surface area contributed by atoms with Gasteiger partial charge in [-0.1, -0.05) is 0 Å². The molecule has 0 unspecified atom stereocenters. The van der Waals surface area contributed by atoms with E-state index >= 15 is 0 Å². The molecule has 0 spiro atoms. The Bertz CT molecular complexity index is 589. The Morgan fingerprint density at radius 3 is 2.89 bits per heavy atom. The molecule has 0 fully saturated rings. The van der Waals surface area contributed by atoms with Crippen molar-refractivity contribution in [2.75, 3.05) is 24.0 Å². The van der Waals surface area contributed by atoms with Gasteiger partial charge < -0.3 is 20.1 Å². The molecule has 0 amide bonds. The zero-order chi connectivity index (χ0) is 13.1. The Balaban J connectivity index is 1.79. The Morgan fingerprint density at radius 2 is 2.00 bits per heavy atom. The zero-order valence-electron chi connectivity index (χ0n) is 10.5. The molecule has 0 bridgehead atoms. The molecule has 98 valence electrons. The van der Waals surface area contributed by atoms with Gasteiger partial charge in [-0.2, -0.15) is 0 Å². The molecule has 1 aliphatic heterocycles. The predicted molar refractivity (Wildman–Crippen MR) is 72.0 cm³/mol. The fraction of sp³-hybridized carbons (Fsp3) is 0.231. The van der Waals surface area contributed by atoms with E-state index in [4.69, 9.17) is 9.47 Å². The molecule has 0 radical (unpaired) electrons. The van der Waals surface area contributed by atoms with Crippen LogP contribution in [0, 0.1) is 0 Å². The van der Waals surface area contributed by atoms with Gasteiger partial charge in [0.25, 0.3) is 0 Å². The second-order valence-electron chi connectivity index (χ2n) is 4.01. The highest BCUT2D eigenvalue weighted by Gasteiger charge is 2.13. The van der Waals surface area contributed by atoms with Crippen LogP contribution in [0.5, 0.6) is 11.5 Å². The lowest BCUT2D eigenvalue weighted by Crippen LogP contribution is -2.02. The lowest BCUT2D eigenvalue weighted by Gasteiger charge is -2.08. The summed E-state index contributed by atoms with van der Waals surface area (Å²) in [7, 11) is 0. The van der Waals surface area contributed by atoms with Crippen molar-refractivity contribution in [3.63, 3.8) is 0 Å². The average molecular weight is 258 g/mol. The molecule has 6 nitrogen and oxygen atoms in total. The lowest BCUT2D eigenvalue weighted by molar-refractivity contribution is 0.174. The van der Waals surface area contributed by atoms with E-state index in [1.54, 1.807) is 12.4 Å². The number of benzene rings is 1. The summed E-state index contributed by atoms with van der Waals surface area (Å²) in [5.41, 5.74) is 0.882. The molecular formula is C13H14N4O2. The van der Waals surface area contributed by atoms with Gasteiger partial charge >= 0.3 is 0 Å². The first-order valence-electron chi connectivity index (χ1n) is 6.08. The van der Waals surface area contributed by atoms with Crippen LogP contribution in [0.15, 0.2) is 30.6 Å². The Labute approximate surface area is 110 Å². The van der Waals surface area contributed by atoms with Gasteiger partial charge in [-0.3, -0.25) is 4.98 Å². The highest BCUT2D eigenvalue weighted by Crippen LogP contribution is 2.34. The van der Waals surface area contributed by atoms with Gasteiger partial charge in [0, 0.05) is 18.3 Å². The van der Waals surface area contributed by atoms with E-state index in [2.05, 4.69) is 20.6 Å². The van der Waals surface area contributed by atoms with E-state index in [9.17, 15) is 0 Å². The quantitative estimate of drug-likeness (QED) is 0.877. The van der Waals surface area contributed by atoms with Gasteiger partial charge in [-0.05, 0) is 19.1 Å². The molecule has 1 aliphatic rings. The van der Waals surface area contributed by atoms with Crippen molar-refractivity contribution < 1.29 is 9.47 Å². The minimum atomic E-state index is 0.272. The van der Waals surface area contributed by atoms with Gasteiger partial charge in [0.15, 0.2) is 17.3 Å². The first-order valence-corrected chi connectivity index (χ1v) is 6.08. The van der Waals surface area contributed by atoms with E-state index in [-0.39, 0.29) is 6.79 Å². The Morgan fingerprint density at radius 1 is 1.16 bits per heavy atom. The van der Waals surface area contributed by atoms with Crippen molar-refractivity contribution in [3.05, 3.63) is 30.6 Å². The summed E-state index contributed by atoms with van der Waals surface area (Å²) in [6, 6.07) is 5.66. The van der Waals surface area contributed by atoms with E-state index in [1.807, 2.05) is 25.1 Å². The van der Waals surface area contributed by atoms with Gasteiger partial charge in [-0.15, -0.1) is 0 Å². The first-order chi connectivity index (χ1) is 9.35. The molecule has 0 aliphatic carbocycles. The fourth-order valence-corrected chi connectivity index (χ4v) is 1.81. The molecule has 2 N–H and O–H groups in total. The van der Waals surface area contributed by atoms with Crippen LogP contribution in [-0.2, 0) is 0 Å². The molecular weight excluding hydrogens is 244 g/mol. The van der Waals surface area contributed by atoms with E-state index in [0.29, 0.717) is 5.82 Å². The maximum absolute atomic E-state index is 5.33. The summed E-state index contributed by atoms with van der Waals surface area (Å²) in [5, 5.41) is 6.30. The number of hydrogen-bond donors (Lipinski definition) is 2. The third-order valence-corrected chi connectivity index (χ3v) is 2.64. The number of hydrogen-bond acceptors (Lipinski definition) is 6. The molecule has 0 saturated heterocycles. The zero-order valence-corrected chi connectivity index (χ0v) is 10.5. The molecule has 2 heterocycles. The average Bonchev–Trinajstić information content (AvgIpc) is 2.87. The van der Waals surface area contributed by atoms with Crippen molar-refractivity contribution >= 4 is 17.3 Å². The van der Waals surface area contributed by atoms with Gasteiger partial charge in [0.1, 0.15) is 5.82 Å². The summed E-state index contributed by atoms with van der Waals surface area (Å²) < 4.78 is 10.6. The summed E-state index contributed by atoms with van der Waals surface area (Å²) in [6.07, 6.45) is 3.36. The molecule has 0 saturated carbocycles. The number of ether oxygens (including phenoxy) is 2. The van der Waals surface area contributed by atoms with E-state index in [1.165, 1.54) is 0 Å². The monoisotopic (exact) mass is 258 g/mol. The minimum absolute atomic E-state index is 0.272. The highest BCUT2D eigenvalue weighted by molar-refractivity contribution is 5.62. The first kappa shape index (κ1) is 11.6. The highest BCUT2D eigenvalue weighted by atomic mass is 16.7. The topological polar surface area (TPSA) is 68.3 Å². The van der Waals surface area contributed by atoms with E-state index < -0.39 is 0 Å². The maximum atomic E-state index is 5.33. The largest absolute Gasteiger partial charge is 0.454 e. The number of anilines is 3. The molecule has 3 rings (SSSR count). The summed E-state index contributed by atoms with van der Waals surface area (Å²) >= 11 is 0. The van der Waals surface area contributed by atoms with Crippen LogP contribution in [0.1, 0.15) is 6.92 Å². The SMILES string of the molecule is CCNc1cncc(Nc2ccc3c(c2)OCO3)n1. The Hall–Kier alpha value is -2.50. The number of nitrogens with one attached hydrogen (secondary N) is 2. The Kier molecular flexibility index (Phi) is 3.06. The fourth-order valence-electron chi connectivity index (χ4n) is 1.81. The molecule has 19 heavy (non-hydrogen) atoms. The number of aromatic nitrogens is 2. The van der Waals surface area contributed by atoms with Gasteiger partial charge in [-0.25, -0.2) is 4.98 Å². The number of rotatable bonds is 4. The van der Waals surface area contributed by atoms with Gasteiger partial charge in [0.2, 0.25) is 6.79 Å². The van der Waals surface area contributed by atoms with Crippen LogP contribution < -0.4 is 20.1 Å². The van der Waals surface area contributed by atoms with Crippen molar-refractivity contribution in [3.8, 4) is 11.5 Å².